The topological polar surface area (TPSA) is 78.9 Å². The van der Waals surface area contributed by atoms with Crippen molar-refractivity contribution in [3.05, 3.63) is 71.8 Å². The summed E-state index contributed by atoms with van der Waals surface area (Å²) in [6.45, 7) is 7.85. The molecule has 0 N–H and O–H groups in total. The van der Waals surface area contributed by atoms with E-state index in [1.165, 1.54) is 36.8 Å². The summed E-state index contributed by atoms with van der Waals surface area (Å²) in [5.74, 6) is -1.72. The van der Waals surface area contributed by atoms with Gasteiger partial charge in [-0.15, -0.1) is 0 Å². The van der Waals surface area contributed by atoms with Crippen LogP contribution in [0.4, 0.5) is 0 Å². The average molecular weight is 547 g/mol. The van der Waals surface area contributed by atoms with Crippen LogP contribution in [0.5, 0.6) is 0 Å². The average Bonchev–Trinajstić information content (AvgIpc) is 3.37. The first-order chi connectivity index (χ1) is 19.1. The molecule has 2 heterocycles. The third-order valence-corrected chi connectivity index (χ3v) is 9.89. The molecule has 7 nitrogen and oxygen atoms in total. The normalized spacial score (nSPS) is 27.7. The van der Waals surface area contributed by atoms with Crippen molar-refractivity contribution in [2.75, 3.05) is 13.1 Å². The van der Waals surface area contributed by atoms with Crippen molar-refractivity contribution in [1.82, 2.24) is 0 Å². The summed E-state index contributed by atoms with van der Waals surface area (Å²) in [6.07, 6.45) is 5.23. The molecule has 0 bridgehead atoms. The summed E-state index contributed by atoms with van der Waals surface area (Å²) >= 11 is 0. The Morgan fingerprint density at radius 3 is 1.85 bits per heavy atom. The van der Waals surface area contributed by atoms with Gasteiger partial charge in [0.1, 0.15) is 29.2 Å². The molecule has 4 aliphatic rings. The smallest absolute Gasteiger partial charge is 0.360 e. The maximum atomic E-state index is 14.4. The van der Waals surface area contributed by atoms with E-state index in [0.717, 1.165) is 12.8 Å². The molecule has 7 heteroatoms. The van der Waals surface area contributed by atoms with Gasteiger partial charge in [0.25, 0.3) is 5.60 Å². The number of fused-ring (bicyclic) bond motifs is 2. The van der Waals surface area contributed by atoms with Crippen LogP contribution in [0.15, 0.2) is 60.7 Å². The van der Waals surface area contributed by atoms with Crippen molar-refractivity contribution >= 4 is 17.9 Å². The van der Waals surface area contributed by atoms with Gasteiger partial charge in [-0.2, -0.15) is 0 Å². The van der Waals surface area contributed by atoms with Crippen LogP contribution in [0.2, 0.25) is 0 Å². The van der Waals surface area contributed by atoms with Crippen molar-refractivity contribution in [1.29, 1.82) is 0 Å². The molecule has 4 atom stereocenters. The highest BCUT2D eigenvalue weighted by Gasteiger charge is 2.86. The number of piperidine rings is 2. The van der Waals surface area contributed by atoms with E-state index in [-0.39, 0.29) is 24.4 Å². The van der Waals surface area contributed by atoms with Gasteiger partial charge in [-0.1, -0.05) is 60.7 Å². The van der Waals surface area contributed by atoms with Gasteiger partial charge in [-0.05, 0) is 27.2 Å². The molecule has 4 fully saturated rings. The zero-order chi connectivity index (χ0) is 28.2. The molecular weight excluding hydrogens is 506 g/mol. The van der Waals surface area contributed by atoms with Crippen molar-refractivity contribution in [3.8, 4) is 0 Å². The van der Waals surface area contributed by atoms with Gasteiger partial charge in [0.2, 0.25) is 0 Å². The molecule has 2 aliphatic heterocycles. The molecule has 0 aromatic heterocycles. The fourth-order valence-corrected chi connectivity index (χ4v) is 8.27. The number of carbonyl (C=O) groups is 3. The molecule has 6 rings (SSSR count). The quantitative estimate of drug-likeness (QED) is 0.262. The van der Waals surface area contributed by atoms with E-state index in [2.05, 4.69) is 0 Å². The second-order valence-electron chi connectivity index (χ2n) is 13.0. The molecule has 2 aliphatic carbocycles. The molecule has 212 valence electrons. The van der Waals surface area contributed by atoms with Crippen LogP contribution in [0.3, 0.4) is 0 Å². The largest absolute Gasteiger partial charge is 0.460 e. The van der Waals surface area contributed by atoms with Crippen molar-refractivity contribution in [3.63, 3.8) is 0 Å². The first kappa shape index (κ1) is 27.0. The lowest BCUT2D eigenvalue weighted by molar-refractivity contribution is -1.05. The Kier molecular flexibility index (Phi) is 6.56. The summed E-state index contributed by atoms with van der Waals surface area (Å²) in [5.41, 5.74) is -1.31. The molecule has 2 saturated heterocycles. The first-order valence-corrected chi connectivity index (χ1v) is 14.7. The van der Waals surface area contributed by atoms with E-state index in [1.54, 1.807) is 45.0 Å². The fraction of sp³-hybridized carbons (Fsp3) is 0.545. The maximum absolute atomic E-state index is 14.4. The van der Waals surface area contributed by atoms with E-state index in [1.807, 2.05) is 36.4 Å². The lowest BCUT2D eigenvalue weighted by Crippen LogP contribution is -2.94. The zero-order valence-corrected chi connectivity index (χ0v) is 23.8. The maximum Gasteiger partial charge on any atom is 0.360 e. The van der Waals surface area contributed by atoms with Crippen molar-refractivity contribution in [2.24, 2.45) is 5.41 Å². The van der Waals surface area contributed by atoms with E-state index in [4.69, 9.17) is 14.2 Å². The van der Waals surface area contributed by atoms with Crippen LogP contribution in [0, 0.1) is 5.41 Å². The molecule has 2 aromatic carbocycles. The number of benzene rings is 2. The minimum Gasteiger partial charge on any atom is -0.460 e. The summed E-state index contributed by atoms with van der Waals surface area (Å²) in [4.78, 5) is 40.1. The predicted octanol–water partition coefficient (Wildman–Crippen LogP) is 5.05. The van der Waals surface area contributed by atoms with Gasteiger partial charge in [0, 0.05) is 36.8 Å². The number of nitrogens with zero attached hydrogens (tertiary/aromatic N) is 1. The van der Waals surface area contributed by atoms with Crippen LogP contribution in [-0.2, 0) is 34.2 Å². The monoisotopic (exact) mass is 546 g/mol. The fourth-order valence-electron chi connectivity index (χ4n) is 8.27. The Morgan fingerprint density at radius 2 is 1.38 bits per heavy atom. The van der Waals surface area contributed by atoms with Crippen LogP contribution >= 0.6 is 0 Å². The zero-order valence-electron chi connectivity index (χ0n) is 23.8. The summed E-state index contributed by atoms with van der Waals surface area (Å²) in [6, 6.07) is 19.3. The van der Waals surface area contributed by atoms with Crippen molar-refractivity contribution < 1.29 is 33.1 Å². The Hall–Kier alpha value is -3.19. The van der Waals surface area contributed by atoms with Crippen LogP contribution in [-0.4, -0.2) is 59.3 Å². The molecule has 2 aromatic rings. The van der Waals surface area contributed by atoms with Gasteiger partial charge >= 0.3 is 17.9 Å². The summed E-state index contributed by atoms with van der Waals surface area (Å²) in [5, 5.41) is 0. The SMILES string of the molecule is CC(C)(C)OC(=O)CCC(=O)OC(C(=O)OC1CC2C13CCC3[N+]21CCCC1)(c1ccccc1)c1ccccc1. The van der Waals surface area contributed by atoms with E-state index < -0.39 is 29.1 Å². The molecule has 2 saturated carbocycles. The van der Waals surface area contributed by atoms with Gasteiger partial charge in [-0.25, -0.2) is 4.79 Å². The molecule has 0 amide bonds. The highest BCUT2D eigenvalue weighted by Crippen LogP contribution is 2.73. The Morgan fingerprint density at radius 1 is 0.825 bits per heavy atom. The number of esters is 3. The number of rotatable bonds is 8. The molecule has 2 spiro atoms. The summed E-state index contributed by atoms with van der Waals surface area (Å²) < 4.78 is 19.1. The van der Waals surface area contributed by atoms with Crippen molar-refractivity contribution in [2.45, 2.75) is 95.1 Å². The molecule has 0 radical (unpaired) electrons. The number of quaternary nitrogens is 1. The molecular formula is C33H40NO6+. The number of hydrogen-bond acceptors (Lipinski definition) is 6. The number of ether oxygens (including phenoxy) is 3. The van der Waals surface area contributed by atoms with E-state index in [0.29, 0.717) is 23.2 Å². The summed E-state index contributed by atoms with van der Waals surface area (Å²) in [7, 11) is 0. The van der Waals surface area contributed by atoms with Crippen LogP contribution in [0.1, 0.15) is 76.8 Å². The Balaban J connectivity index is 1.27. The standard InChI is InChI=1S/C33H40NO6/c1-31(2,3)39-28(35)16-17-29(36)40-33(23-12-6-4-7-13-23,24-14-8-5-9-15-24)30(37)38-27-22-26-32(27)19-18-25(32)34(26)20-10-11-21-34/h4-9,12-15,25-27H,10-11,16-22H2,1-3H3/q+1. The number of carbonyl (C=O) groups excluding carboxylic acids is 3. The van der Waals surface area contributed by atoms with Gasteiger partial charge in [0.05, 0.1) is 25.9 Å². The van der Waals surface area contributed by atoms with Crippen LogP contribution < -0.4 is 0 Å². The number of hydrogen-bond donors (Lipinski definition) is 0. The predicted molar refractivity (Wildman–Crippen MR) is 148 cm³/mol. The minimum atomic E-state index is -1.78. The third-order valence-electron chi connectivity index (χ3n) is 9.89. The van der Waals surface area contributed by atoms with E-state index in [9.17, 15) is 14.4 Å². The Bertz CT molecular complexity index is 1230. The van der Waals surface area contributed by atoms with Crippen LogP contribution in [0.25, 0.3) is 0 Å². The highest BCUT2D eigenvalue weighted by molar-refractivity contribution is 5.89. The third kappa shape index (κ3) is 4.08. The minimum absolute atomic E-state index is 0.0832. The molecule has 4 unspecified atom stereocenters. The second-order valence-corrected chi connectivity index (χ2v) is 13.0. The van der Waals surface area contributed by atoms with E-state index >= 15 is 0 Å². The highest BCUT2D eigenvalue weighted by atomic mass is 16.6. The second kappa shape index (κ2) is 9.72. The first-order valence-electron chi connectivity index (χ1n) is 14.7. The Labute approximate surface area is 236 Å². The molecule has 40 heavy (non-hydrogen) atoms. The van der Waals surface area contributed by atoms with Gasteiger partial charge < -0.3 is 18.7 Å². The lowest BCUT2D eigenvalue weighted by Gasteiger charge is -2.80. The van der Waals surface area contributed by atoms with Gasteiger partial charge in [0.15, 0.2) is 0 Å². The van der Waals surface area contributed by atoms with Gasteiger partial charge in [-0.3, -0.25) is 9.59 Å². The lowest BCUT2D eigenvalue weighted by atomic mass is 9.39.